The van der Waals surface area contributed by atoms with Crippen molar-refractivity contribution in [2.75, 3.05) is 23.8 Å². The zero-order chi connectivity index (χ0) is 16.5. The molecule has 0 spiro atoms. The van der Waals surface area contributed by atoms with E-state index in [0.29, 0.717) is 12.2 Å². The van der Waals surface area contributed by atoms with Gasteiger partial charge in [-0.15, -0.1) is 10.2 Å². The first-order valence-electron chi connectivity index (χ1n) is 7.92. The summed E-state index contributed by atoms with van der Waals surface area (Å²) in [7, 11) is 1.98. The highest BCUT2D eigenvalue weighted by molar-refractivity contribution is 5.89. The monoisotopic (exact) mass is 313 g/mol. The zero-order valence-electron chi connectivity index (χ0n) is 13.7. The minimum absolute atomic E-state index is 0.0139. The minimum Gasteiger partial charge on any atom is -0.358 e. The Bertz CT molecular complexity index is 600. The number of carbonyl (C=O) groups excluding carboxylic acids is 1. The van der Waals surface area contributed by atoms with Crippen LogP contribution in [0, 0.1) is 0 Å². The normalized spacial score (nSPS) is 10.3. The quantitative estimate of drug-likeness (QED) is 0.811. The molecular formula is C17H23N5O. The van der Waals surface area contributed by atoms with Gasteiger partial charge in [0.2, 0.25) is 5.91 Å². The lowest BCUT2D eigenvalue weighted by molar-refractivity contribution is -0.116. The van der Waals surface area contributed by atoms with Crippen molar-refractivity contribution in [1.29, 1.82) is 0 Å². The van der Waals surface area contributed by atoms with Crippen molar-refractivity contribution in [1.82, 2.24) is 15.2 Å². The molecule has 6 heteroatoms. The van der Waals surface area contributed by atoms with E-state index in [1.54, 1.807) is 18.5 Å². The highest BCUT2D eigenvalue weighted by Crippen LogP contribution is 2.11. The lowest BCUT2D eigenvalue weighted by Crippen LogP contribution is -2.22. The van der Waals surface area contributed by atoms with E-state index in [4.69, 9.17) is 0 Å². The number of anilines is 2. The Kier molecular flexibility index (Phi) is 6.47. The number of hydrogen-bond acceptors (Lipinski definition) is 5. The molecule has 0 saturated heterocycles. The predicted molar refractivity (Wildman–Crippen MR) is 91.4 cm³/mol. The number of carbonyl (C=O) groups is 1. The van der Waals surface area contributed by atoms with Gasteiger partial charge in [0.05, 0.1) is 0 Å². The highest BCUT2D eigenvalue weighted by atomic mass is 16.1. The maximum atomic E-state index is 11.7. The van der Waals surface area contributed by atoms with E-state index in [9.17, 15) is 4.79 Å². The second-order valence-electron chi connectivity index (χ2n) is 5.46. The van der Waals surface area contributed by atoms with Gasteiger partial charge < -0.3 is 10.2 Å². The van der Waals surface area contributed by atoms with Crippen molar-refractivity contribution >= 4 is 17.5 Å². The molecule has 2 rings (SSSR count). The van der Waals surface area contributed by atoms with Gasteiger partial charge in [-0.3, -0.25) is 9.78 Å². The summed E-state index contributed by atoms with van der Waals surface area (Å²) in [6, 6.07) is 7.67. The SMILES string of the molecule is CCCCC(=O)Nc1ccc(N(C)CCc2ccncc2)nn1. The van der Waals surface area contributed by atoms with E-state index < -0.39 is 0 Å². The fourth-order valence-electron chi connectivity index (χ4n) is 2.10. The van der Waals surface area contributed by atoms with Crippen LogP contribution in [0.25, 0.3) is 0 Å². The number of likely N-dealkylation sites (N-methyl/N-ethyl adjacent to an activating group) is 1. The molecule has 0 bridgehead atoms. The van der Waals surface area contributed by atoms with Gasteiger partial charge in [0.1, 0.15) is 0 Å². The van der Waals surface area contributed by atoms with Crippen LogP contribution in [-0.4, -0.2) is 34.7 Å². The molecule has 2 aromatic heterocycles. The lowest BCUT2D eigenvalue weighted by Gasteiger charge is -2.17. The van der Waals surface area contributed by atoms with Gasteiger partial charge in [-0.25, -0.2) is 0 Å². The third kappa shape index (κ3) is 5.65. The van der Waals surface area contributed by atoms with Gasteiger partial charge in [-0.1, -0.05) is 13.3 Å². The van der Waals surface area contributed by atoms with Crippen LogP contribution in [0.1, 0.15) is 31.7 Å². The van der Waals surface area contributed by atoms with E-state index in [-0.39, 0.29) is 5.91 Å². The fraction of sp³-hybridized carbons (Fsp3) is 0.412. The van der Waals surface area contributed by atoms with Crippen molar-refractivity contribution in [2.45, 2.75) is 32.6 Å². The van der Waals surface area contributed by atoms with Gasteiger partial charge >= 0.3 is 0 Å². The summed E-state index contributed by atoms with van der Waals surface area (Å²) < 4.78 is 0. The van der Waals surface area contributed by atoms with Gasteiger partial charge in [-0.05, 0) is 42.7 Å². The molecule has 0 saturated carbocycles. The summed E-state index contributed by atoms with van der Waals surface area (Å²) in [5.41, 5.74) is 1.24. The molecule has 0 aromatic carbocycles. The molecule has 0 aliphatic carbocycles. The zero-order valence-corrected chi connectivity index (χ0v) is 13.7. The molecule has 2 heterocycles. The Morgan fingerprint density at radius 2 is 1.96 bits per heavy atom. The average Bonchev–Trinajstić information content (AvgIpc) is 2.59. The maximum Gasteiger partial charge on any atom is 0.225 e. The molecule has 2 aromatic rings. The molecule has 1 N–H and O–H groups in total. The van der Waals surface area contributed by atoms with Crippen LogP contribution >= 0.6 is 0 Å². The first kappa shape index (κ1) is 16.9. The van der Waals surface area contributed by atoms with Gasteiger partial charge in [0.25, 0.3) is 0 Å². The molecule has 0 atom stereocenters. The molecule has 23 heavy (non-hydrogen) atoms. The van der Waals surface area contributed by atoms with Gasteiger partial charge in [-0.2, -0.15) is 0 Å². The number of nitrogens with one attached hydrogen (secondary N) is 1. The molecule has 0 aliphatic rings. The summed E-state index contributed by atoms with van der Waals surface area (Å²) in [4.78, 5) is 17.7. The summed E-state index contributed by atoms with van der Waals surface area (Å²) in [6.07, 6.45) is 6.91. The van der Waals surface area contributed by atoms with Crippen LogP contribution < -0.4 is 10.2 Å². The summed E-state index contributed by atoms with van der Waals surface area (Å²) >= 11 is 0. The summed E-state index contributed by atoms with van der Waals surface area (Å²) in [5.74, 6) is 1.27. The molecule has 0 fully saturated rings. The number of rotatable bonds is 8. The minimum atomic E-state index is -0.0139. The first-order chi connectivity index (χ1) is 11.2. The Labute approximate surface area is 137 Å². The van der Waals surface area contributed by atoms with Crippen LogP contribution in [0.5, 0.6) is 0 Å². The summed E-state index contributed by atoms with van der Waals surface area (Å²) in [6.45, 7) is 2.89. The third-order valence-electron chi connectivity index (χ3n) is 3.55. The molecule has 0 radical (unpaired) electrons. The Balaban J connectivity index is 1.84. The topological polar surface area (TPSA) is 71.0 Å². The van der Waals surface area contributed by atoms with E-state index >= 15 is 0 Å². The molecular weight excluding hydrogens is 290 g/mol. The number of unbranched alkanes of at least 4 members (excludes halogenated alkanes) is 1. The second kappa shape index (κ2) is 8.82. The number of nitrogens with zero attached hydrogens (tertiary/aromatic N) is 4. The number of amides is 1. The Morgan fingerprint density at radius 1 is 1.17 bits per heavy atom. The molecule has 6 nitrogen and oxygen atoms in total. The second-order valence-corrected chi connectivity index (χ2v) is 5.46. The average molecular weight is 313 g/mol. The van der Waals surface area contributed by atoms with E-state index in [2.05, 4.69) is 27.4 Å². The van der Waals surface area contributed by atoms with Crippen LogP contribution in [0.4, 0.5) is 11.6 Å². The largest absolute Gasteiger partial charge is 0.358 e. The van der Waals surface area contributed by atoms with Crippen molar-refractivity contribution < 1.29 is 4.79 Å². The number of aromatic nitrogens is 3. The Morgan fingerprint density at radius 3 is 2.61 bits per heavy atom. The number of hydrogen-bond donors (Lipinski definition) is 1. The first-order valence-corrected chi connectivity index (χ1v) is 7.92. The van der Waals surface area contributed by atoms with E-state index in [0.717, 1.165) is 31.6 Å². The smallest absolute Gasteiger partial charge is 0.225 e. The standard InChI is InChI=1S/C17H23N5O/c1-3-4-5-17(23)19-15-6-7-16(21-20-15)22(2)13-10-14-8-11-18-12-9-14/h6-9,11-12H,3-5,10,13H2,1-2H3,(H,19,20,23). The van der Waals surface area contributed by atoms with E-state index in [1.807, 2.05) is 30.1 Å². The third-order valence-corrected chi connectivity index (χ3v) is 3.55. The molecule has 1 amide bonds. The van der Waals surface area contributed by atoms with Crippen LogP contribution in [0.2, 0.25) is 0 Å². The van der Waals surface area contributed by atoms with Crippen molar-refractivity contribution in [3.63, 3.8) is 0 Å². The predicted octanol–water partition coefficient (Wildman–Crippen LogP) is 2.68. The molecule has 0 unspecified atom stereocenters. The van der Waals surface area contributed by atoms with Crippen molar-refractivity contribution in [3.05, 3.63) is 42.2 Å². The number of pyridine rings is 1. The highest BCUT2D eigenvalue weighted by Gasteiger charge is 2.06. The van der Waals surface area contributed by atoms with E-state index in [1.165, 1.54) is 5.56 Å². The van der Waals surface area contributed by atoms with Crippen molar-refractivity contribution in [3.8, 4) is 0 Å². The molecule has 122 valence electrons. The van der Waals surface area contributed by atoms with Crippen LogP contribution in [0.3, 0.4) is 0 Å². The Hall–Kier alpha value is -2.50. The van der Waals surface area contributed by atoms with Crippen LogP contribution in [-0.2, 0) is 11.2 Å². The van der Waals surface area contributed by atoms with Crippen molar-refractivity contribution in [2.24, 2.45) is 0 Å². The van der Waals surface area contributed by atoms with Gasteiger partial charge in [0, 0.05) is 32.4 Å². The molecule has 0 aliphatic heterocycles. The van der Waals surface area contributed by atoms with Gasteiger partial charge in [0.15, 0.2) is 11.6 Å². The maximum absolute atomic E-state index is 11.7. The fourth-order valence-corrected chi connectivity index (χ4v) is 2.10. The lowest BCUT2D eigenvalue weighted by atomic mass is 10.2. The summed E-state index contributed by atoms with van der Waals surface area (Å²) in [5, 5.41) is 11.0. The van der Waals surface area contributed by atoms with Crippen LogP contribution in [0.15, 0.2) is 36.7 Å².